The lowest BCUT2D eigenvalue weighted by Crippen LogP contribution is -2.19. The number of rotatable bonds is 5. The molecule has 1 aromatic carbocycles. The third-order valence-electron chi connectivity index (χ3n) is 3.19. The minimum Gasteiger partial charge on any atom is -0.383 e. The fourth-order valence-electron chi connectivity index (χ4n) is 1.96. The summed E-state index contributed by atoms with van der Waals surface area (Å²) in [5.74, 6) is 6.55. The van der Waals surface area contributed by atoms with Crippen LogP contribution in [0.3, 0.4) is 0 Å². The molecule has 0 atom stereocenters. The van der Waals surface area contributed by atoms with E-state index in [1.165, 1.54) is 0 Å². The van der Waals surface area contributed by atoms with E-state index in [0.29, 0.717) is 11.4 Å². The number of hydrazone groups is 1. The molecule has 0 radical (unpaired) electrons. The van der Waals surface area contributed by atoms with Gasteiger partial charge in [0, 0.05) is 31.9 Å². The predicted molar refractivity (Wildman–Crippen MR) is 99.2 cm³/mol. The standard InChI is InChI=1S/C19H22N4/c1-6-16(18(7-2)23(5)22-4)17(19(20)21-3)14-13-15-11-9-8-10-12-15/h6-12H,1,4H2,2-3,5H3,(H2,20,21)/b17-16+,18-7-. The summed E-state index contributed by atoms with van der Waals surface area (Å²) in [6, 6.07) is 9.69. The van der Waals surface area contributed by atoms with E-state index in [2.05, 4.69) is 35.2 Å². The summed E-state index contributed by atoms with van der Waals surface area (Å²) in [6.45, 7) is 9.32. The van der Waals surface area contributed by atoms with Gasteiger partial charge in [0.1, 0.15) is 5.84 Å². The molecule has 0 aromatic heterocycles. The summed E-state index contributed by atoms with van der Waals surface area (Å²) in [5.41, 5.74) is 9.11. The molecule has 4 nitrogen and oxygen atoms in total. The van der Waals surface area contributed by atoms with Crippen LogP contribution >= 0.6 is 0 Å². The molecule has 0 heterocycles. The smallest absolute Gasteiger partial charge is 0.134 e. The van der Waals surface area contributed by atoms with Crippen LogP contribution in [0, 0.1) is 11.8 Å². The Balaban J connectivity index is 3.52. The lowest BCUT2D eigenvalue weighted by atomic mass is 10.0. The zero-order valence-corrected chi connectivity index (χ0v) is 13.9. The molecule has 0 aliphatic rings. The van der Waals surface area contributed by atoms with Crippen molar-refractivity contribution in [3.8, 4) is 11.8 Å². The number of amidine groups is 1. The van der Waals surface area contributed by atoms with Gasteiger partial charge in [0.2, 0.25) is 0 Å². The van der Waals surface area contributed by atoms with Crippen molar-refractivity contribution >= 4 is 12.6 Å². The van der Waals surface area contributed by atoms with Crippen LogP contribution in [-0.4, -0.2) is 31.7 Å². The second-order valence-electron chi connectivity index (χ2n) is 4.56. The third kappa shape index (κ3) is 4.72. The molecule has 0 spiro atoms. The summed E-state index contributed by atoms with van der Waals surface area (Å²) in [6.07, 6.45) is 3.60. The van der Waals surface area contributed by atoms with Gasteiger partial charge in [-0.1, -0.05) is 48.8 Å². The molecule has 2 N–H and O–H groups in total. The van der Waals surface area contributed by atoms with E-state index in [1.54, 1.807) is 25.2 Å². The maximum Gasteiger partial charge on any atom is 0.134 e. The third-order valence-corrected chi connectivity index (χ3v) is 3.19. The van der Waals surface area contributed by atoms with Gasteiger partial charge in [0.15, 0.2) is 0 Å². The largest absolute Gasteiger partial charge is 0.383 e. The van der Waals surface area contributed by atoms with Gasteiger partial charge in [-0.15, -0.1) is 0 Å². The molecule has 1 aromatic rings. The van der Waals surface area contributed by atoms with E-state index in [-0.39, 0.29) is 0 Å². The summed E-state index contributed by atoms with van der Waals surface area (Å²) in [7, 11) is 3.43. The number of aliphatic imine (C=N–C) groups is 1. The number of likely N-dealkylation sites (N-methyl/N-ethyl adjacent to an activating group) is 1. The van der Waals surface area contributed by atoms with Crippen molar-refractivity contribution in [1.82, 2.24) is 5.01 Å². The number of allylic oxidation sites excluding steroid dienone is 2. The zero-order chi connectivity index (χ0) is 17.2. The van der Waals surface area contributed by atoms with E-state index in [1.807, 2.05) is 43.3 Å². The lowest BCUT2D eigenvalue weighted by Gasteiger charge is -2.19. The Kier molecular flexibility index (Phi) is 7.09. The maximum absolute atomic E-state index is 6.04. The SMILES string of the molecule is C=CC(/C(=C/C)N(C)N=C)=C(/C#Cc1ccccc1)C(N)=NC. The minimum atomic E-state index is 0.347. The first-order valence-electron chi connectivity index (χ1n) is 7.12. The first-order chi connectivity index (χ1) is 11.1. The van der Waals surface area contributed by atoms with Crippen molar-refractivity contribution < 1.29 is 0 Å². The summed E-state index contributed by atoms with van der Waals surface area (Å²) < 4.78 is 0. The highest BCUT2D eigenvalue weighted by Crippen LogP contribution is 2.19. The molecule has 4 heteroatoms. The van der Waals surface area contributed by atoms with Crippen LogP contribution < -0.4 is 5.73 Å². The van der Waals surface area contributed by atoms with Gasteiger partial charge in [-0.05, 0) is 19.1 Å². The van der Waals surface area contributed by atoms with Crippen molar-refractivity contribution in [2.75, 3.05) is 14.1 Å². The highest BCUT2D eigenvalue weighted by molar-refractivity contribution is 6.03. The van der Waals surface area contributed by atoms with Crippen LogP contribution in [0.15, 0.2) is 76.0 Å². The number of nitrogens with zero attached hydrogens (tertiary/aromatic N) is 3. The highest BCUT2D eigenvalue weighted by atomic mass is 15.4. The first-order valence-corrected chi connectivity index (χ1v) is 7.12. The Bertz CT molecular complexity index is 713. The van der Waals surface area contributed by atoms with Crippen molar-refractivity contribution in [1.29, 1.82) is 0 Å². The summed E-state index contributed by atoms with van der Waals surface area (Å²) >= 11 is 0. The second-order valence-corrected chi connectivity index (χ2v) is 4.56. The number of hydrogen-bond acceptors (Lipinski definition) is 3. The lowest BCUT2D eigenvalue weighted by molar-refractivity contribution is 0.460. The van der Waals surface area contributed by atoms with Crippen molar-refractivity contribution in [3.63, 3.8) is 0 Å². The monoisotopic (exact) mass is 306 g/mol. The number of hydrogen-bond donors (Lipinski definition) is 1. The van der Waals surface area contributed by atoms with Crippen LogP contribution in [0.4, 0.5) is 0 Å². The Morgan fingerprint density at radius 3 is 2.43 bits per heavy atom. The molecule has 1 rings (SSSR count). The molecule has 0 unspecified atom stereocenters. The molecular formula is C19H22N4. The van der Waals surface area contributed by atoms with E-state index in [0.717, 1.165) is 16.8 Å². The molecule has 0 amide bonds. The first kappa shape index (κ1) is 18.0. The Hall–Kier alpha value is -3.06. The van der Waals surface area contributed by atoms with Gasteiger partial charge in [0.25, 0.3) is 0 Å². The number of nitrogens with two attached hydrogens (primary N) is 1. The molecule has 23 heavy (non-hydrogen) atoms. The molecule has 0 saturated carbocycles. The Labute approximate surface area is 138 Å². The minimum absolute atomic E-state index is 0.347. The fraction of sp³-hybridized carbons (Fsp3) is 0.158. The van der Waals surface area contributed by atoms with Crippen molar-refractivity contribution in [3.05, 3.63) is 71.5 Å². The van der Waals surface area contributed by atoms with Crippen LogP contribution in [0.25, 0.3) is 0 Å². The van der Waals surface area contributed by atoms with Gasteiger partial charge in [0.05, 0.1) is 11.3 Å². The van der Waals surface area contributed by atoms with Crippen molar-refractivity contribution in [2.24, 2.45) is 15.8 Å². The maximum atomic E-state index is 6.04. The summed E-state index contributed by atoms with van der Waals surface area (Å²) in [4.78, 5) is 4.07. The van der Waals surface area contributed by atoms with Crippen molar-refractivity contribution in [2.45, 2.75) is 6.92 Å². The van der Waals surface area contributed by atoms with Crippen LogP contribution in [-0.2, 0) is 0 Å². The van der Waals surface area contributed by atoms with Gasteiger partial charge in [-0.3, -0.25) is 10.0 Å². The average molecular weight is 306 g/mol. The van der Waals surface area contributed by atoms with Gasteiger partial charge in [-0.25, -0.2) is 0 Å². The van der Waals surface area contributed by atoms with E-state index in [9.17, 15) is 0 Å². The molecule has 0 aliphatic heterocycles. The van der Waals surface area contributed by atoms with Crippen LogP contribution in [0.5, 0.6) is 0 Å². The molecule has 118 valence electrons. The normalized spacial score (nSPS) is 12.7. The predicted octanol–water partition coefficient (Wildman–Crippen LogP) is 2.96. The molecule has 0 fully saturated rings. The van der Waals surface area contributed by atoms with Gasteiger partial charge in [-0.2, -0.15) is 5.10 Å². The van der Waals surface area contributed by atoms with E-state index in [4.69, 9.17) is 5.73 Å². The Morgan fingerprint density at radius 2 is 1.96 bits per heavy atom. The molecule has 0 aliphatic carbocycles. The molecule has 0 saturated heterocycles. The summed E-state index contributed by atoms with van der Waals surface area (Å²) in [5, 5.41) is 5.56. The number of benzene rings is 1. The average Bonchev–Trinajstić information content (AvgIpc) is 2.60. The van der Waals surface area contributed by atoms with Crippen LogP contribution in [0.2, 0.25) is 0 Å². The zero-order valence-electron chi connectivity index (χ0n) is 13.9. The fourth-order valence-corrected chi connectivity index (χ4v) is 1.96. The highest BCUT2D eigenvalue weighted by Gasteiger charge is 2.13. The molecular weight excluding hydrogens is 284 g/mol. The van der Waals surface area contributed by atoms with Gasteiger partial charge >= 0.3 is 0 Å². The quantitative estimate of drug-likeness (QED) is 0.299. The van der Waals surface area contributed by atoms with E-state index >= 15 is 0 Å². The topological polar surface area (TPSA) is 54.0 Å². The second kappa shape index (κ2) is 9.06. The Morgan fingerprint density at radius 1 is 1.30 bits per heavy atom. The van der Waals surface area contributed by atoms with E-state index < -0.39 is 0 Å². The van der Waals surface area contributed by atoms with Gasteiger partial charge < -0.3 is 5.73 Å². The molecule has 0 bridgehead atoms. The van der Waals surface area contributed by atoms with Crippen LogP contribution in [0.1, 0.15) is 12.5 Å².